The Morgan fingerprint density at radius 2 is 0.648 bits per heavy atom. The summed E-state index contributed by atoms with van der Waals surface area (Å²) >= 11 is 9.55. The molecule has 0 aromatic heterocycles. The number of primary sulfonamides is 3. The summed E-state index contributed by atoms with van der Waals surface area (Å²) in [5.41, 5.74) is 24.6. The summed E-state index contributed by atoms with van der Waals surface area (Å²) in [6.45, 7) is 1.91. The molecule has 0 aliphatic heterocycles. The fraction of sp³-hybridized carbons (Fsp3) is 0.0127. The van der Waals surface area contributed by atoms with Gasteiger partial charge in [0.15, 0.2) is 17.2 Å². The molecule has 0 radical (unpaired) electrons. The molecule has 0 spiro atoms. The average Bonchev–Trinajstić information content (AvgIpc) is 0.803. The fourth-order valence-electron chi connectivity index (χ4n) is 10.6. The monoisotopic (exact) mass is 1580 g/mol. The number of rotatable bonds is 21. The zero-order valence-electron chi connectivity index (χ0n) is 56.8. The van der Waals surface area contributed by atoms with Gasteiger partial charge in [0.2, 0.25) is 30.1 Å². The van der Waals surface area contributed by atoms with Crippen LogP contribution in [0.4, 0.5) is 17.1 Å². The number of nitrogens with one attached hydrogen (secondary N) is 6. The minimum Gasteiger partial charge on any atom is -0.455 e. The molecule has 0 heterocycles. The van der Waals surface area contributed by atoms with Crippen LogP contribution < -0.4 is 62.8 Å². The minimum absolute atomic E-state index is 0.000927. The highest BCUT2D eigenvalue weighted by molar-refractivity contribution is 9.10. The highest BCUT2D eigenvalue weighted by Crippen LogP contribution is 2.38. The molecule has 0 unspecified atom stereocenters. The normalized spacial score (nSPS) is 11.1. The van der Waals surface area contributed by atoms with Crippen LogP contribution in [0.2, 0.25) is 5.02 Å². The molecule has 24 nitrogen and oxygen atoms in total. The largest absolute Gasteiger partial charge is 0.455 e. The first-order chi connectivity index (χ1) is 51.3. The Balaban J connectivity index is 0.000000173. The first kappa shape index (κ1) is 78.0. The predicted molar refractivity (Wildman–Crippen MR) is 423 cm³/mol. The number of carbonyl (C=O) groups is 3. The van der Waals surface area contributed by atoms with Gasteiger partial charge in [0, 0.05) is 65.6 Å². The van der Waals surface area contributed by atoms with Gasteiger partial charge in [-0.25, -0.2) is 40.7 Å². The lowest BCUT2D eigenvalue weighted by molar-refractivity contribution is 0.101. The molecule has 0 saturated carbocycles. The summed E-state index contributed by atoms with van der Waals surface area (Å²) in [6.07, 6.45) is 0. The van der Waals surface area contributed by atoms with E-state index in [1.54, 1.807) is 249 Å². The number of ether oxygens (including phenoxy) is 3. The molecule has 12 aromatic carbocycles. The number of amidine groups is 3. The van der Waals surface area contributed by atoms with Gasteiger partial charge in [0.1, 0.15) is 34.8 Å². The molecule has 0 atom stereocenters. The molecule has 0 aliphatic carbocycles. The molecular formula is C79H66BrClN12O12S3. The first-order valence-corrected chi connectivity index (χ1v) is 37.8. The Hall–Kier alpha value is -12.6. The summed E-state index contributed by atoms with van der Waals surface area (Å²) in [6, 6.07) is 74.3. The molecule has 29 heteroatoms. The maximum atomic E-state index is 13.0. The van der Waals surface area contributed by atoms with Crippen molar-refractivity contribution >= 4 is 110 Å². The second-order valence-corrected chi connectivity index (χ2v) is 29.6. The van der Waals surface area contributed by atoms with Gasteiger partial charge in [0.05, 0.1) is 31.7 Å². The third kappa shape index (κ3) is 20.4. The van der Waals surface area contributed by atoms with Crippen molar-refractivity contribution in [1.82, 2.24) is 0 Å². The maximum Gasteiger partial charge on any atom is 0.255 e. The molecule has 12 aromatic rings. The van der Waals surface area contributed by atoms with Crippen LogP contribution in [0, 0.1) is 23.2 Å². The Morgan fingerprint density at radius 3 is 0.972 bits per heavy atom. The second kappa shape index (κ2) is 34.1. The molecule has 0 aliphatic rings. The van der Waals surface area contributed by atoms with E-state index in [-0.39, 0.29) is 44.0 Å². The van der Waals surface area contributed by atoms with Crippen molar-refractivity contribution in [3.63, 3.8) is 0 Å². The highest BCUT2D eigenvalue weighted by atomic mass is 79.9. The molecule has 546 valence electrons. The summed E-state index contributed by atoms with van der Waals surface area (Å²) < 4.78 is 90.2. The van der Waals surface area contributed by atoms with Crippen LogP contribution in [-0.4, -0.2) is 60.5 Å². The van der Waals surface area contributed by atoms with Crippen LogP contribution in [-0.2, 0) is 30.1 Å². The van der Waals surface area contributed by atoms with E-state index in [9.17, 15) is 39.6 Å². The number of aryl methyl sites for hydroxylation is 1. The van der Waals surface area contributed by atoms with Crippen molar-refractivity contribution in [3.8, 4) is 67.9 Å². The molecule has 12 rings (SSSR count). The Kier molecular flexibility index (Phi) is 24.6. The van der Waals surface area contributed by atoms with Crippen molar-refractivity contribution in [2.45, 2.75) is 21.6 Å². The van der Waals surface area contributed by atoms with E-state index in [1.165, 1.54) is 18.2 Å². The van der Waals surface area contributed by atoms with Gasteiger partial charge in [-0.05, 0) is 163 Å². The minimum atomic E-state index is -3.91. The SMILES string of the molecule is Cc1ccc(NC(=O)c2ccc(-c3ccccc3S(N)(=O)=O)cc2)c(Oc2cccc(C(=N)N)c2)c1.N=C(N)c1cccc(Oc2cc(Br)ccc2NC(=O)c2ccc(-c3ccccc3S(N)(=O)=O)cc2)c1.N=C(N)c1cccc(Oc2cc(Cl)ccc2NC(=O)c2ccc(-c3ccccc3S(N)(=O)=O)cc2)c1. The van der Waals surface area contributed by atoms with Gasteiger partial charge in [-0.2, -0.15) is 0 Å². The lowest BCUT2D eigenvalue weighted by Gasteiger charge is -2.14. The van der Waals surface area contributed by atoms with Gasteiger partial charge >= 0.3 is 0 Å². The van der Waals surface area contributed by atoms with Gasteiger partial charge in [-0.3, -0.25) is 30.6 Å². The van der Waals surface area contributed by atoms with E-state index >= 15 is 0 Å². The number of hydrogen-bond acceptors (Lipinski definition) is 15. The lowest BCUT2D eigenvalue weighted by Crippen LogP contribution is -2.14. The predicted octanol–water partition coefficient (Wildman–Crippen LogP) is 14.7. The Morgan fingerprint density at radius 1 is 0.352 bits per heavy atom. The number of halogens is 2. The highest BCUT2D eigenvalue weighted by Gasteiger charge is 2.21. The molecule has 108 heavy (non-hydrogen) atoms. The number of sulfonamides is 3. The number of carbonyl (C=O) groups excluding carboxylic acids is 3. The molecule has 0 saturated heterocycles. The van der Waals surface area contributed by atoms with E-state index in [0.717, 1.165) is 10.0 Å². The van der Waals surface area contributed by atoms with E-state index in [0.29, 0.717) is 123 Å². The maximum absolute atomic E-state index is 13.0. The Bertz CT molecular complexity index is 5280. The van der Waals surface area contributed by atoms with Crippen molar-refractivity contribution in [2.24, 2.45) is 32.6 Å². The summed E-state index contributed by atoms with van der Waals surface area (Å²) in [7, 11) is -11.7. The smallest absolute Gasteiger partial charge is 0.255 e. The van der Waals surface area contributed by atoms with Gasteiger partial charge in [-0.15, -0.1) is 0 Å². The number of benzene rings is 12. The van der Waals surface area contributed by atoms with E-state index < -0.39 is 36.0 Å². The third-order valence-corrected chi connectivity index (χ3v) is 19.5. The number of nitrogen functional groups attached to an aromatic ring is 3. The molecule has 0 bridgehead atoms. The van der Waals surface area contributed by atoms with E-state index in [4.69, 9.17) is 74.7 Å². The summed E-state index contributed by atoms with van der Waals surface area (Å²) in [5.74, 6) is 1.04. The second-order valence-electron chi connectivity index (χ2n) is 23.6. The van der Waals surface area contributed by atoms with Gasteiger partial charge in [0.25, 0.3) is 17.7 Å². The summed E-state index contributed by atoms with van der Waals surface area (Å²) in [5, 5.41) is 47.7. The van der Waals surface area contributed by atoms with Gasteiger partial charge in [-0.1, -0.05) is 161 Å². The van der Waals surface area contributed by atoms with Crippen molar-refractivity contribution in [2.75, 3.05) is 16.0 Å². The molecule has 18 N–H and O–H groups in total. The topological polar surface area (TPSA) is 445 Å². The van der Waals surface area contributed by atoms with Crippen molar-refractivity contribution < 1.29 is 53.8 Å². The standard InChI is InChI=1S/C27H24N4O4S.C26H21BrN4O4S.C26H21ClN4O4S/c1-17-9-14-23(24(15-17)35-21-6-4-5-20(16-21)26(28)29)31-27(32)19-12-10-18(11-13-19)22-7-2-3-8-25(22)36(30,33)34;2*27-19-12-13-22(23(15-19)35-20-5-3-4-18(14-20)25(28)29)31-26(32)17-10-8-16(9-11-17)21-6-1-2-7-24(21)36(30,33)34/h2-16H,1H3,(H3,28,29)(H,31,32)(H2,30,33,34);2*1-15H,(H3,28,29)(H,31,32)(H2,30,33,34). The van der Waals surface area contributed by atoms with Crippen molar-refractivity contribution in [1.29, 1.82) is 16.2 Å². The quantitative estimate of drug-likeness (QED) is 0.0235. The van der Waals surface area contributed by atoms with E-state index in [1.807, 2.05) is 13.0 Å². The number of amides is 3. The number of anilines is 3. The molecular weight excluding hydrogens is 1520 g/mol. The first-order valence-electron chi connectivity index (χ1n) is 32.0. The van der Waals surface area contributed by atoms with Gasteiger partial charge < -0.3 is 47.4 Å². The Labute approximate surface area is 635 Å². The summed E-state index contributed by atoms with van der Waals surface area (Å²) in [4.78, 5) is 39.0. The zero-order chi connectivity index (χ0) is 77.6. The van der Waals surface area contributed by atoms with Crippen LogP contribution in [0.3, 0.4) is 0 Å². The number of nitrogens with two attached hydrogens (primary N) is 6. The van der Waals surface area contributed by atoms with Crippen LogP contribution >= 0.6 is 27.5 Å². The van der Waals surface area contributed by atoms with Crippen LogP contribution in [0.1, 0.15) is 53.3 Å². The number of hydrogen-bond donors (Lipinski definition) is 12. The molecule has 0 fully saturated rings. The van der Waals surface area contributed by atoms with Crippen LogP contribution in [0.15, 0.2) is 292 Å². The average molecular weight is 1590 g/mol. The fourth-order valence-corrected chi connectivity index (χ4v) is 13.4. The third-order valence-electron chi connectivity index (χ3n) is 15.8. The lowest BCUT2D eigenvalue weighted by atomic mass is 10.0. The van der Waals surface area contributed by atoms with Crippen molar-refractivity contribution in [3.05, 3.63) is 321 Å². The van der Waals surface area contributed by atoms with Crippen LogP contribution in [0.25, 0.3) is 33.4 Å². The van der Waals surface area contributed by atoms with Crippen LogP contribution in [0.5, 0.6) is 34.5 Å². The molecule has 3 amide bonds. The van der Waals surface area contributed by atoms with E-state index in [2.05, 4.69) is 31.9 Å². The zero-order valence-corrected chi connectivity index (χ0v) is 61.6.